The molecular formula is C18H22F4N6O3. The third kappa shape index (κ3) is 4.70. The maximum atomic E-state index is 13.3. The molecule has 1 aliphatic rings. The summed E-state index contributed by atoms with van der Waals surface area (Å²) in [5.74, 6) is -1.17. The molecule has 170 valence electrons. The Morgan fingerprint density at radius 3 is 2.45 bits per heavy atom. The van der Waals surface area contributed by atoms with Gasteiger partial charge in [0.1, 0.15) is 23.1 Å². The molecule has 0 radical (unpaired) electrons. The van der Waals surface area contributed by atoms with Crippen LogP contribution in [0.25, 0.3) is 0 Å². The van der Waals surface area contributed by atoms with E-state index in [0.717, 1.165) is 0 Å². The van der Waals surface area contributed by atoms with Crippen LogP contribution in [0.4, 0.5) is 23.2 Å². The van der Waals surface area contributed by atoms with Crippen LogP contribution < -0.4 is 5.32 Å². The fourth-order valence-corrected chi connectivity index (χ4v) is 3.22. The van der Waals surface area contributed by atoms with Gasteiger partial charge >= 0.3 is 0 Å². The number of anilines is 1. The number of halogens is 4. The first-order valence-electron chi connectivity index (χ1n) is 9.63. The molecule has 1 N–H and O–H groups in total. The first kappa shape index (κ1) is 22.7. The van der Waals surface area contributed by atoms with E-state index < -0.39 is 36.2 Å². The standard InChI is InChI=1S/C18H22F4N6O3/c1-3-27-14(18(30)26-4-6-31-7-5-26)12(9-23-27)24-17(29)10(2)28-13(16(21)22)8-11(25-28)15(19)20/h8-10,15-16H,3-7H2,1-2H3,(H,24,29). The van der Waals surface area contributed by atoms with Crippen molar-refractivity contribution in [1.82, 2.24) is 24.5 Å². The molecule has 1 saturated heterocycles. The lowest BCUT2D eigenvalue weighted by Gasteiger charge is -2.27. The maximum absolute atomic E-state index is 13.3. The molecule has 1 fully saturated rings. The van der Waals surface area contributed by atoms with Gasteiger partial charge in [-0.1, -0.05) is 0 Å². The van der Waals surface area contributed by atoms with Crippen molar-refractivity contribution in [3.8, 4) is 0 Å². The van der Waals surface area contributed by atoms with Gasteiger partial charge in [-0.25, -0.2) is 17.6 Å². The fourth-order valence-electron chi connectivity index (χ4n) is 3.22. The van der Waals surface area contributed by atoms with E-state index in [1.165, 1.54) is 17.8 Å². The number of nitrogens with zero attached hydrogens (tertiary/aromatic N) is 5. The first-order valence-corrected chi connectivity index (χ1v) is 9.63. The minimum Gasteiger partial charge on any atom is -0.378 e. The van der Waals surface area contributed by atoms with Crippen molar-refractivity contribution in [2.45, 2.75) is 39.3 Å². The molecule has 0 bridgehead atoms. The molecule has 1 unspecified atom stereocenters. The maximum Gasteiger partial charge on any atom is 0.282 e. The average Bonchev–Trinajstić information content (AvgIpc) is 3.38. The van der Waals surface area contributed by atoms with Gasteiger partial charge in [0.2, 0.25) is 5.91 Å². The normalized spacial score (nSPS) is 15.5. The summed E-state index contributed by atoms with van der Waals surface area (Å²) in [5, 5.41) is 10.0. The zero-order valence-corrected chi connectivity index (χ0v) is 16.9. The van der Waals surface area contributed by atoms with Gasteiger partial charge in [0.15, 0.2) is 0 Å². The molecular weight excluding hydrogens is 424 g/mol. The lowest BCUT2D eigenvalue weighted by Crippen LogP contribution is -2.42. The Morgan fingerprint density at radius 1 is 1.19 bits per heavy atom. The van der Waals surface area contributed by atoms with Gasteiger partial charge in [-0.3, -0.25) is 19.0 Å². The summed E-state index contributed by atoms with van der Waals surface area (Å²) in [6, 6.07) is -0.769. The molecule has 0 aromatic carbocycles. The number of rotatable bonds is 7. The van der Waals surface area contributed by atoms with E-state index in [-0.39, 0.29) is 17.3 Å². The monoisotopic (exact) mass is 446 g/mol. The van der Waals surface area contributed by atoms with Crippen LogP contribution in [0.5, 0.6) is 0 Å². The number of hydrogen-bond acceptors (Lipinski definition) is 5. The summed E-state index contributed by atoms with van der Waals surface area (Å²) in [5.41, 5.74) is -1.42. The number of morpholine rings is 1. The molecule has 3 rings (SSSR count). The number of aromatic nitrogens is 4. The molecule has 9 nitrogen and oxygen atoms in total. The lowest BCUT2D eigenvalue weighted by atomic mass is 10.2. The third-order valence-corrected chi connectivity index (χ3v) is 4.87. The molecule has 2 aromatic rings. The summed E-state index contributed by atoms with van der Waals surface area (Å²) in [4.78, 5) is 27.3. The smallest absolute Gasteiger partial charge is 0.282 e. The van der Waals surface area contributed by atoms with Gasteiger partial charge in [0.25, 0.3) is 18.8 Å². The predicted molar refractivity (Wildman–Crippen MR) is 100 cm³/mol. The van der Waals surface area contributed by atoms with Crippen molar-refractivity contribution < 1.29 is 31.9 Å². The van der Waals surface area contributed by atoms with Gasteiger partial charge in [-0.2, -0.15) is 10.2 Å². The topological polar surface area (TPSA) is 94.3 Å². The molecule has 1 atom stereocenters. The SMILES string of the molecule is CCn1ncc(NC(=O)C(C)n2nc(C(F)F)cc2C(F)F)c1C(=O)N1CCOCC1. The van der Waals surface area contributed by atoms with Crippen molar-refractivity contribution in [3.63, 3.8) is 0 Å². The highest BCUT2D eigenvalue weighted by molar-refractivity contribution is 6.03. The quantitative estimate of drug-likeness (QED) is 0.660. The molecule has 2 aromatic heterocycles. The number of carbonyl (C=O) groups excluding carboxylic acids is 2. The molecule has 0 saturated carbocycles. The second-order valence-electron chi connectivity index (χ2n) is 6.83. The van der Waals surface area contributed by atoms with E-state index in [0.29, 0.717) is 43.6 Å². The number of alkyl halides is 4. The van der Waals surface area contributed by atoms with Crippen molar-refractivity contribution in [2.75, 3.05) is 31.6 Å². The summed E-state index contributed by atoms with van der Waals surface area (Å²) in [6.07, 6.45) is -4.88. The summed E-state index contributed by atoms with van der Waals surface area (Å²) >= 11 is 0. The van der Waals surface area contributed by atoms with E-state index in [2.05, 4.69) is 15.5 Å². The molecule has 3 heterocycles. The number of ether oxygens (including phenoxy) is 1. The van der Waals surface area contributed by atoms with Crippen LogP contribution in [0, 0.1) is 0 Å². The fraction of sp³-hybridized carbons (Fsp3) is 0.556. The van der Waals surface area contributed by atoms with E-state index in [4.69, 9.17) is 4.74 Å². The summed E-state index contributed by atoms with van der Waals surface area (Å²) < 4.78 is 59.6. The minimum atomic E-state index is -3.10. The Labute approximate surface area is 174 Å². The van der Waals surface area contributed by atoms with Crippen molar-refractivity contribution in [3.05, 3.63) is 29.3 Å². The van der Waals surface area contributed by atoms with E-state index in [9.17, 15) is 27.2 Å². The molecule has 13 heteroatoms. The van der Waals surface area contributed by atoms with Gasteiger partial charge in [-0.05, 0) is 19.9 Å². The molecule has 2 amide bonds. The summed E-state index contributed by atoms with van der Waals surface area (Å²) in [6.45, 7) is 4.88. The van der Waals surface area contributed by atoms with E-state index >= 15 is 0 Å². The van der Waals surface area contributed by atoms with E-state index in [1.54, 1.807) is 11.8 Å². The van der Waals surface area contributed by atoms with Crippen LogP contribution in [0.15, 0.2) is 12.3 Å². The Morgan fingerprint density at radius 2 is 1.87 bits per heavy atom. The van der Waals surface area contributed by atoms with Crippen molar-refractivity contribution in [1.29, 1.82) is 0 Å². The molecule has 1 aliphatic heterocycles. The van der Waals surface area contributed by atoms with Gasteiger partial charge in [0, 0.05) is 19.6 Å². The second-order valence-corrected chi connectivity index (χ2v) is 6.83. The highest BCUT2D eigenvalue weighted by Gasteiger charge is 2.30. The lowest BCUT2D eigenvalue weighted by molar-refractivity contribution is -0.119. The largest absolute Gasteiger partial charge is 0.378 e. The Hall–Kier alpha value is -2.96. The first-order chi connectivity index (χ1) is 14.7. The van der Waals surface area contributed by atoms with Gasteiger partial charge in [0.05, 0.1) is 25.1 Å². The van der Waals surface area contributed by atoms with E-state index in [1.807, 2.05) is 0 Å². The Balaban J connectivity index is 1.85. The Kier molecular flexibility index (Phi) is 6.93. The van der Waals surface area contributed by atoms with Crippen LogP contribution in [0.1, 0.15) is 54.6 Å². The van der Waals surface area contributed by atoms with Crippen LogP contribution in [-0.2, 0) is 16.1 Å². The zero-order chi connectivity index (χ0) is 22.7. The number of nitrogens with one attached hydrogen (secondary N) is 1. The molecule has 0 aliphatic carbocycles. The van der Waals surface area contributed by atoms with Gasteiger partial charge < -0.3 is 15.0 Å². The van der Waals surface area contributed by atoms with Gasteiger partial charge in [-0.15, -0.1) is 0 Å². The number of amides is 2. The Bertz CT molecular complexity index is 939. The number of carbonyl (C=O) groups is 2. The van der Waals surface area contributed by atoms with Crippen molar-refractivity contribution >= 4 is 17.5 Å². The zero-order valence-electron chi connectivity index (χ0n) is 16.9. The highest BCUT2D eigenvalue weighted by atomic mass is 19.3. The molecule has 31 heavy (non-hydrogen) atoms. The highest BCUT2D eigenvalue weighted by Crippen LogP contribution is 2.28. The second kappa shape index (κ2) is 9.45. The van der Waals surface area contributed by atoms with Crippen LogP contribution in [0.3, 0.4) is 0 Å². The number of aryl methyl sites for hydroxylation is 1. The minimum absolute atomic E-state index is 0.0926. The van der Waals surface area contributed by atoms with Crippen LogP contribution in [0.2, 0.25) is 0 Å². The van der Waals surface area contributed by atoms with Crippen LogP contribution in [-0.4, -0.2) is 62.6 Å². The third-order valence-electron chi connectivity index (χ3n) is 4.87. The number of hydrogen-bond donors (Lipinski definition) is 1. The summed E-state index contributed by atoms with van der Waals surface area (Å²) in [7, 11) is 0. The molecule has 0 spiro atoms. The van der Waals surface area contributed by atoms with Crippen molar-refractivity contribution in [2.24, 2.45) is 0 Å². The predicted octanol–water partition coefficient (Wildman–Crippen LogP) is 2.65. The van der Waals surface area contributed by atoms with Crippen LogP contribution >= 0.6 is 0 Å². The average molecular weight is 446 g/mol.